The molecule has 1 atom stereocenters. The summed E-state index contributed by atoms with van der Waals surface area (Å²) in [6.45, 7) is 5.27. The first-order chi connectivity index (χ1) is 11.6. The Hall–Kier alpha value is -1.76. The highest BCUT2D eigenvalue weighted by Gasteiger charge is 2.25. The molecule has 1 aromatic heterocycles. The Morgan fingerprint density at radius 1 is 1.42 bits per heavy atom. The molecule has 1 aliphatic rings. The third-order valence-electron chi connectivity index (χ3n) is 4.20. The Balaban J connectivity index is 1.52. The number of ether oxygens (including phenoxy) is 1. The number of benzene rings is 1. The van der Waals surface area contributed by atoms with Gasteiger partial charge in [-0.05, 0) is 12.5 Å². The standard InChI is InChI=1S/C18H23N3O2S/c1-14-3-5-15(6-4-14)11-20(2)17(22)13-21-8-9-23-16(12-21)18-19-7-10-24-18/h3-7,10,16H,8-9,11-13H2,1-2H3/t16-/m1/s1. The average molecular weight is 345 g/mol. The summed E-state index contributed by atoms with van der Waals surface area (Å²) >= 11 is 1.60. The van der Waals surface area contributed by atoms with E-state index in [1.807, 2.05) is 12.4 Å². The quantitative estimate of drug-likeness (QED) is 0.835. The van der Waals surface area contributed by atoms with Gasteiger partial charge in [-0.1, -0.05) is 29.8 Å². The van der Waals surface area contributed by atoms with Gasteiger partial charge in [-0.3, -0.25) is 9.69 Å². The Kier molecular flexibility index (Phi) is 5.60. The zero-order chi connectivity index (χ0) is 16.9. The highest BCUT2D eigenvalue weighted by Crippen LogP contribution is 2.23. The summed E-state index contributed by atoms with van der Waals surface area (Å²) in [5.41, 5.74) is 2.38. The molecule has 6 heteroatoms. The van der Waals surface area contributed by atoms with E-state index in [4.69, 9.17) is 4.74 Å². The predicted octanol–water partition coefficient (Wildman–Crippen LogP) is 2.48. The number of hydrogen-bond donors (Lipinski definition) is 0. The third kappa shape index (κ3) is 4.41. The van der Waals surface area contributed by atoms with Gasteiger partial charge in [0.1, 0.15) is 11.1 Å². The first kappa shape index (κ1) is 17.1. The van der Waals surface area contributed by atoms with Crippen LogP contribution in [0.1, 0.15) is 22.2 Å². The van der Waals surface area contributed by atoms with Crippen molar-refractivity contribution in [2.24, 2.45) is 0 Å². The van der Waals surface area contributed by atoms with E-state index in [1.54, 1.807) is 22.4 Å². The first-order valence-electron chi connectivity index (χ1n) is 8.14. The normalized spacial score (nSPS) is 18.5. The Bertz CT molecular complexity index is 657. The molecule has 2 aromatic rings. The van der Waals surface area contributed by atoms with Crippen molar-refractivity contribution in [1.29, 1.82) is 0 Å². The maximum absolute atomic E-state index is 12.5. The van der Waals surface area contributed by atoms with Crippen LogP contribution in [0.2, 0.25) is 0 Å². The van der Waals surface area contributed by atoms with Gasteiger partial charge in [-0.2, -0.15) is 0 Å². The van der Waals surface area contributed by atoms with Crippen molar-refractivity contribution in [3.05, 3.63) is 52.0 Å². The van der Waals surface area contributed by atoms with Gasteiger partial charge >= 0.3 is 0 Å². The van der Waals surface area contributed by atoms with E-state index < -0.39 is 0 Å². The van der Waals surface area contributed by atoms with Gasteiger partial charge in [0.25, 0.3) is 0 Å². The number of thiazole rings is 1. The average Bonchev–Trinajstić information content (AvgIpc) is 3.12. The van der Waals surface area contributed by atoms with E-state index in [-0.39, 0.29) is 12.0 Å². The van der Waals surface area contributed by atoms with Crippen LogP contribution in [-0.4, -0.2) is 54.0 Å². The van der Waals surface area contributed by atoms with Gasteiger partial charge in [0.15, 0.2) is 0 Å². The van der Waals surface area contributed by atoms with Crippen LogP contribution in [0.4, 0.5) is 0 Å². The third-order valence-corrected chi connectivity index (χ3v) is 5.07. The number of aryl methyl sites for hydroxylation is 1. The number of aromatic nitrogens is 1. The van der Waals surface area contributed by atoms with Gasteiger partial charge in [-0.15, -0.1) is 11.3 Å². The van der Waals surface area contributed by atoms with Crippen molar-refractivity contribution < 1.29 is 9.53 Å². The van der Waals surface area contributed by atoms with Crippen LogP contribution in [0, 0.1) is 6.92 Å². The number of amides is 1. The van der Waals surface area contributed by atoms with Crippen molar-refractivity contribution in [2.75, 3.05) is 33.3 Å². The van der Waals surface area contributed by atoms with Crippen molar-refractivity contribution in [3.63, 3.8) is 0 Å². The minimum atomic E-state index is -0.0195. The van der Waals surface area contributed by atoms with E-state index in [9.17, 15) is 4.79 Å². The fourth-order valence-corrected chi connectivity index (χ4v) is 3.43. The molecule has 24 heavy (non-hydrogen) atoms. The summed E-state index contributed by atoms with van der Waals surface area (Å²) in [5.74, 6) is 0.135. The molecule has 0 bridgehead atoms. The van der Waals surface area contributed by atoms with Crippen molar-refractivity contribution in [3.8, 4) is 0 Å². The number of rotatable bonds is 5. The molecule has 0 N–H and O–H groups in total. The maximum Gasteiger partial charge on any atom is 0.236 e. The van der Waals surface area contributed by atoms with Crippen molar-refractivity contribution in [1.82, 2.24) is 14.8 Å². The topological polar surface area (TPSA) is 45.7 Å². The molecule has 0 aliphatic carbocycles. The molecular formula is C18H23N3O2S. The molecule has 2 heterocycles. The first-order valence-corrected chi connectivity index (χ1v) is 9.02. The number of nitrogens with zero attached hydrogens (tertiary/aromatic N) is 3. The monoisotopic (exact) mass is 345 g/mol. The molecule has 1 saturated heterocycles. The molecule has 5 nitrogen and oxygen atoms in total. The van der Waals surface area contributed by atoms with Gasteiger partial charge in [0.05, 0.1) is 13.2 Å². The lowest BCUT2D eigenvalue weighted by Crippen LogP contribution is -2.44. The highest BCUT2D eigenvalue weighted by atomic mass is 32.1. The molecule has 1 aliphatic heterocycles. The van der Waals surface area contributed by atoms with E-state index in [2.05, 4.69) is 41.1 Å². The van der Waals surface area contributed by atoms with Crippen LogP contribution in [0.15, 0.2) is 35.8 Å². The van der Waals surface area contributed by atoms with Crippen LogP contribution < -0.4 is 0 Å². The molecule has 0 saturated carbocycles. The Labute approximate surface area is 146 Å². The van der Waals surface area contributed by atoms with Crippen LogP contribution in [0.5, 0.6) is 0 Å². The summed E-state index contributed by atoms with van der Waals surface area (Å²) in [5, 5.41) is 2.94. The van der Waals surface area contributed by atoms with E-state index in [0.29, 0.717) is 19.7 Å². The molecule has 0 unspecified atom stereocenters. The predicted molar refractivity (Wildman–Crippen MR) is 94.9 cm³/mol. The molecular weight excluding hydrogens is 322 g/mol. The van der Waals surface area contributed by atoms with Crippen LogP contribution >= 0.6 is 11.3 Å². The van der Waals surface area contributed by atoms with Crippen LogP contribution in [-0.2, 0) is 16.1 Å². The van der Waals surface area contributed by atoms with Gasteiger partial charge in [0, 0.05) is 38.3 Å². The second-order valence-corrected chi connectivity index (χ2v) is 7.13. The van der Waals surface area contributed by atoms with Gasteiger partial charge < -0.3 is 9.64 Å². The summed E-state index contributed by atoms with van der Waals surface area (Å²) in [6.07, 6.45) is 1.77. The molecule has 1 fully saturated rings. The van der Waals surface area contributed by atoms with Gasteiger partial charge in [-0.25, -0.2) is 4.98 Å². The van der Waals surface area contributed by atoms with Gasteiger partial charge in [0.2, 0.25) is 5.91 Å². The fourth-order valence-electron chi connectivity index (χ4n) is 2.76. The summed E-state index contributed by atoms with van der Waals surface area (Å²) in [6, 6.07) is 8.31. The van der Waals surface area contributed by atoms with Crippen LogP contribution in [0.25, 0.3) is 0 Å². The second-order valence-electron chi connectivity index (χ2n) is 6.20. The molecule has 1 aromatic carbocycles. The number of morpholine rings is 1. The summed E-state index contributed by atoms with van der Waals surface area (Å²) < 4.78 is 5.78. The molecule has 0 spiro atoms. The minimum absolute atomic E-state index is 0.0195. The number of carbonyl (C=O) groups excluding carboxylic acids is 1. The lowest BCUT2D eigenvalue weighted by molar-refractivity contribution is -0.133. The highest BCUT2D eigenvalue weighted by molar-refractivity contribution is 7.09. The molecule has 0 radical (unpaired) electrons. The SMILES string of the molecule is Cc1ccc(CN(C)C(=O)CN2CCO[C@@H](c3nccs3)C2)cc1. The molecule has 1 amide bonds. The van der Waals surface area contributed by atoms with Crippen molar-refractivity contribution >= 4 is 17.2 Å². The minimum Gasteiger partial charge on any atom is -0.368 e. The molecule has 128 valence electrons. The Morgan fingerprint density at radius 2 is 2.21 bits per heavy atom. The smallest absolute Gasteiger partial charge is 0.236 e. The lowest BCUT2D eigenvalue weighted by atomic mass is 10.1. The zero-order valence-electron chi connectivity index (χ0n) is 14.1. The summed E-state index contributed by atoms with van der Waals surface area (Å²) in [7, 11) is 1.86. The Morgan fingerprint density at radius 3 is 2.92 bits per heavy atom. The zero-order valence-corrected chi connectivity index (χ0v) is 15.0. The van der Waals surface area contributed by atoms with E-state index in [0.717, 1.165) is 23.7 Å². The van der Waals surface area contributed by atoms with E-state index in [1.165, 1.54) is 5.56 Å². The largest absolute Gasteiger partial charge is 0.368 e. The number of carbonyl (C=O) groups is 1. The summed E-state index contributed by atoms with van der Waals surface area (Å²) in [4.78, 5) is 20.8. The van der Waals surface area contributed by atoms with Crippen molar-refractivity contribution in [2.45, 2.75) is 19.6 Å². The van der Waals surface area contributed by atoms with E-state index >= 15 is 0 Å². The molecule has 3 rings (SSSR count). The van der Waals surface area contributed by atoms with Crippen LogP contribution in [0.3, 0.4) is 0 Å². The maximum atomic E-state index is 12.5. The number of hydrogen-bond acceptors (Lipinski definition) is 5. The lowest BCUT2D eigenvalue weighted by Gasteiger charge is -2.32. The number of likely N-dealkylation sites (N-methyl/N-ethyl adjacent to an activating group) is 1. The second kappa shape index (κ2) is 7.88. The fraction of sp³-hybridized carbons (Fsp3) is 0.444.